The number of pyridine rings is 1. The highest BCUT2D eigenvalue weighted by Crippen LogP contribution is 2.29. The smallest absolute Gasteiger partial charge is 0.413 e. The highest BCUT2D eigenvalue weighted by atomic mass is 16.6. The fourth-order valence-electron chi connectivity index (χ4n) is 2.94. The van der Waals surface area contributed by atoms with Crippen LogP contribution in [0.4, 0.5) is 22.1 Å². The maximum Gasteiger partial charge on any atom is 0.413 e. The van der Waals surface area contributed by atoms with Gasteiger partial charge >= 0.3 is 6.09 Å². The summed E-state index contributed by atoms with van der Waals surface area (Å²) in [6, 6.07) is 3.39. The van der Waals surface area contributed by atoms with E-state index in [-0.39, 0.29) is 5.78 Å². The van der Waals surface area contributed by atoms with Gasteiger partial charge in [0.15, 0.2) is 11.6 Å². The molecule has 1 amide bonds. The number of carbonyl (C=O) groups is 2. The Hall–Kier alpha value is -3.82. The molecule has 0 aromatic carbocycles. The fraction of sp³-hybridized carbons (Fsp3) is 0.364. The van der Waals surface area contributed by atoms with Crippen molar-refractivity contribution in [2.45, 2.75) is 46.6 Å². The zero-order valence-electron chi connectivity index (χ0n) is 19.1. The molecule has 32 heavy (non-hydrogen) atoms. The van der Waals surface area contributed by atoms with Crippen molar-refractivity contribution in [3.63, 3.8) is 0 Å². The molecular formula is C22H27N7O3. The number of ketones is 1. The van der Waals surface area contributed by atoms with Crippen LogP contribution in [0.2, 0.25) is 0 Å². The van der Waals surface area contributed by atoms with Crippen molar-refractivity contribution in [2.75, 3.05) is 10.6 Å². The van der Waals surface area contributed by atoms with Gasteiger partial charge < -0.3 is 14.6 Å². The molecular weight excluding hydrogens is 410 g/mol. The second-order valence-corrected chi connectivity index (χ2v) is 8.25. The molecule has 0 spiro atoms. The zero-order valence-corrected chi connectivity index (χ0v) is 19.1. The first-order valence-electron chi connectivity index (χ1n) is 10.2. The number of aryl methyl sites for hydroxylation is 2. The van der Waals surface area contributed by atoms with Gasteiger partial charge in [-0.15, -0.1) is 0 Å². The van der Waals surface area contributed by atoms with Gasteiger partial charge in [-0.1, -0.05) is 6.92 Å². The zero-order chi connectivity index (χ0) is 23.5. The Kier molecular flexibility index (Phi) is 6.52. The van der Waals surface area contributed by atoms with E-state index in [1.54, 1.807) is 56.9 Å². The highest BCUT2D eigenvalue weighted by Gasteiger charge is 2.19. The standard InChI is InChI=1S/C22H27N7O3/c1-7-17(30)14-8-13(2)16(10-23-14)27-20-19(29(6)12-26-20)15-9-18(25-11-24-15)28-21(31)32-22(3,4)5/h8-12,27H,7H2,1-6H3,(H,24,25,28,31). The van der Waals surface area contributed by atoms with Crippen LogP contribution in [0, 0.1) is 6.92 Å². The Morgan fingerprint density at radius 3 is 2.53 bits per heavy atom. The molecule has 0 aliphatic rings. The Labute approximate surface area is 186 Å². The molecule has 0 aliphatic heterocycles. The van der Waals surface area contributed by atoms with Crippen LogP contribution in [0.25, 0.3) is 11.4 Å². The minimum Gasteiger partial charge on any atom is -0.444 e. The van der Waals surface area contributed by atoms with Gasteiger partial charge in [-0.05, 0) is 39.3 Å². The predicted molar refractivity (Wildman–Crippen MR) is 121 cm³/mol. The topological polar surface area (TPSA) is 124 Å². The van der Waals surface area contributed by atoms with Crippen LogP contribution >= 0.6 is 0 Å². The van der Waals surface area contributed by atoms with Crippen LogP contribution < -0.4 is 10.6 Å². The van der Waals surface area contributed by atoms with Gasteiger partial charge in [0.2, 0.25) is 0 Å². The number of nitrogens with zero attached hydrogens (tertiary/aromatic N) is 5. The van der Waals surface area contributed by atoms with Crippen molar-refractivity contribution >= 4 is 29.2 Å². The van der Waals surface area contributed by atoms with Gasteiger partial charge in [0.05, 0.1) is 23.9 Å². The highest BCUT2D eigenvalue weighted by molar-refractivity contribution is 5.94. The number of imidazole rings is 1. The van der Waals surface area contributed by atoms with Gasteiger partial charge in [-0.3, -0.25) is 15.1 Å². The molecule has 3 aromatic heterocycles. The van der Waals surface area contributed by atoms with E-state index in [1.807, 2.05) is 14.0 Å². The molecule has 10 nitrogen and oxygen atoms in total. The summed E-state index contributed by atoms with van der Waals surface area (Å²) in [6.07, 6.45) is 4.42. The molecule has 168 valence electrons. The lowest BCUT2D eigenvalue weighted by Gasteiger charge is -2.19. The second-order valence-electron chi connectivity index (χ2n) is 8.25. The fourth-order valence-corrected chi connectivity index (χ4v) is 2.94. The van der Waals surface area contributed by atoms with Gasteiger partial charge in [-0.25, -0.2) is 19.7 Å². The number of hydrogen-bond donors (Lipinski definition) is 2. The number of amides is 1. The van der Waals surface area contributed by atoms with E-state index in [4.69, 9.17) is 4.74 Å². The molecule has 0 atom stereocenters. The van der Waals surface area contributed by atoms with Crippen LogP contribution in [0.1, 0.15) is 50.2 Å². The Bertz CT molecular complexity index is 1150. The van der Waals surface area contributed by atoms with Crippen LogP contribution in [0.5, 0.6) is 0 Å². The Balaban J connectivity index is 1.87. The van der Waals surface area contributed by atoms with Crippen molar-refractivity contribution in [1.82, 2.24) is 24.5 Å². The van der Waals surface area contributed by atoms with E-state index in [1.165, 1.54) is 6.33 Å². The minimum absolute atomic E-state index is 0.0100. The van der Waals surface area contributed by atoms with Crippen molar-refractivity contribution in [1.29, 1.82) is 0 Å². The van der Waals surface area contributed by atoms with Crippen molar-refractivity contribution in [2.24, 2.45) is 7.05 Å². The number of hydrogen-bond acceptors (Lipinski definition) is 8. The molecule has 3 aromatic rings. The van der Waals surface area contributed by atoms with Gasteiger partial charge in [0.25, 0.3) is 0 Å². The molecule has 10 heteroatoms. The molecule has 0 fully saturated rings. The number of anilines is 3. The summed E-state index contributed by atoms with van der Waals surface area (Å²) in [5.41, 5.74) is 2.64. The Morgan fingerprint density at radius 1 is 1.12 bits per heavy atom. The third-order valence-corrected chi connectivity index (χ3v) is 4.45. The van der Waals surface area contributed by atoms with Gasteiger partial charge in [-0.2, -0.15) is 0 Å². The first-order chi connectivity index (χ1) is 15.1. The molecule has 0 aliphatic carbocycles. The number of rotatable bonds is 6. The molecule has 0 bridgehead atoms. The summed E-state index contributed by atoms with van der Waals surface area (Å²) >= 11 is 0. The van der Waals surface area contributed by atoms with Crippen molar-refractivity contribution in [3.8, 4) is 11.4 Å². The third-order valence-electron chi connectivity index (χ3n) is 4.45. The maximum atomic E-state index is 12.1. The van der Waals surface area contributed by atoms with Crippen LogP contribution in [0.3, 0.4) is 0 Å². The summed E-state index contributed by atoms with van der Waals surface area (Å²) in [4.78, 5) is 41.1. The number of nitrogens with one attached hydrogen (secondary N) is 2. The second kappa shape index (κ2) is 9.13. The minimum atomic E-state index is -0.623. The lowest BCUT2D eigenvalue weighted by Crippen LogP contribution is -2.27. The number of Topliss-reactive ketones (excluding diaryl/α,β-unsaturated/α-hetero) is 1. The van der Waals surface area contributed by atoms with Crippen LogP contribution in [-0.4, -0.2) is 42.0 Å². The molecule has 0 radical (unpaired) electrons. The van der Waals surface area contributed by atoms with E-state index in [2.05, 4.69) is 30.6 Å². The average Bonchev–Trinajstić information content (AvgIpc) is 3.07. The number of carbonyl (C=O) groups excluding carboxylic acids is 2. The quantitative estimate of drug-likeness (QED) is 0.548. The van der Waals surface area contributed by atoms with E-state index >= 15 is 0 Å². The first kappa shape index (κ1) is 22.9. The monoisotopic (exact) mass is 437 g/mol. The third kappa shape index (κ3) is 5.45. The largest absolute Gasteiger partial charge is 0.444 e. The van der Waals surface area contributed by atoms with E-state index in [0.717, 1.165) is 11.3 Å². The molecule has 2 N–H and O–H groups in total. The summed E-state index contributed by atoms with van der Waals surface area (Å²) in [7, 11) is 1.84. The average molecular weight is 438 g/mol. The summed E-state index contributed by atoms with van der Waals surface area (Å²) in [5.74, 6) is 0.842. The van der Waals surface area contributed by atoms with E-state index < -0.39 is 11.7 Å². The summed E-state index contributed by atoms with van der Waals surface area (Å²) in [6.45, 7) is 9.05. The van der Waals surface area contributed by atoms with Crippen LogP contribution in [-0.2, 0) is 11.8 Å². The molecule has 0 unspecified atom stereocenters. The van der Waals surface area contributed by atoms with Crippen molar-refractivity contribution in [3.05, 3.63) is 42.2 Å². The molecule has 0 saturated carbocycles. The normalized spacial score (nSPS) is 11.2. The molecule has 3 rings (SSSR count). The van der Waals surface area contributed by atoms with E-state index in [0.29, 0.717) is 35.1 Å². The summed E-state index contributed by atoms with van der Waals surface area (Å²) < 4.78 is 7.08. The molecule has 0 saturated heterocycles. The predicted octanol–water partition coefficient (Wildman–Crippen LogP) is 4.26. The number of aromatic nitrogens is 5. The first-order valence-corrected chi connectivity index (χ1v) is 10.2. The summed E-state index contributed by atoms with van der Waals surface area (Å²) in [5, 5.41) is 5.87. The van der Waals surface area contributed by atoms with Crippen molar-refractivity contribution < 1.29 is 14.3 Å². The SMILES string of the molecule is CCC(=O)c1cc(C)c(Nc2ncn(C)c2-c2cc(NC(=O)OC(C)(C)C)ncn2)cn1. The number of ether oxygens (including phenoxy) is 1. The van der Waals surface area contributed by atoms with Gasteiger partial charge in [0.1, 0.15) is 29.1 Å². The lowest BCUT2D eigenvalue weighted by atomic mass is 10.1. The maximum absolute atomic E-state index is 12.1. The van der Waals surface area contributed by atoms with Crippen LogP contribution in [0.15, 0.2) is 31.0 Å². The van der Waals surface area contributed by atoms with E-state index in [9.17, 15) is 9.59 Å². The van der Waals surface area contributed by atoms with Gasteiger partial charge in [0, 0.05) is 19.5 Å². The molecule has 3 heterocycles. The lowest BCUT2D eigenvalue weighted by molar-refractivity contribution is 0.0635. The Morgan fingerprint density at radius 2 is 1.88 bits per heavy atom.